The van der Waals surface area contributed by atoms with Crippen molar-refractivity contribution >= 4 is 17.5 Å². The standard InChI is InChI=1S/C26H26N2O3/c29-21-15-13-18(14-16-21)17-24(28-25(30)20-8-2-1-3-9-20)26(31)27-23-12-6-10-19-7-4-5-11-22(19)23/h1-3,6,8-10,12-16,24,29H,4-5,7,11,17H2,(H,27,31)(H,28,30). The number of hydrogen-bond donors (Lipinski definition) is 3. The van der Waals surface area contributed by atoms with Crippen molar-refractivity contribution < 1.29 is 14.7 Å². The van der Waals surface area contributed by atoms with E-state index in [9.17, 15) is 14.7 Å². The van der Waals surface area contributed by atoms with E-state index < -0.39 is 6.04 Å². The minimum Gasteiger partial charge on any atom is -0.508 e. The third-order valence-electron chi connectivity index (χ3n) is 5.69. The van der Waals surface area contributed by atoms with E-state index in [1.54, 1.807) is 48.5 Å². The van der Waals surface area contributed by atoms with Crippen LogP contribution in [0.5, 0.6) is 5.75 Å². The first-order chi connectivity index (χ1) is 15.1. The van der Waals surface area contributed by atoms with Crippen LogP contribution in [0.1, 0.15) is 39.9 Å². The van der Waals surface area contributed by atoms with Gasteiger partial charge in [-0.15, -0.1) is 0 Å². The number of carbonyl (C=O) groups is 2. The molecule has 5 heteroatoms. The maximum Gasteiger partial charge on any atom is 0.251 e. The summed E-state index contributed by atoms with van der Waals surface area (Å²) in [6, 6.07) is 20.8. The molecule has 1 aliphatic rings. The molecule has 0 spiro atoms. The monoisotopic (exact) mass is 414 g/mol. The summed E-state index contributed by atoms with van der Waals surface area (Å²) >= 11 is 0. The number of phenols is 1. The number of phenolic OH excluding ortho intramolecular Hbond substituents is 1. The van der Waals surface area contributed by atoms with E-state index in [0.717, 1.165) is 30.5 Å². The van der Waals surface area contributed by atoms with Gasteiger partial charge in [0.1, 0.15) is 11.8 Å². The first-order valence-electron chi connectivity index (χ1n) is 10.7. The lowest BCUT2D eigenvalue weighted by Crippen LogP contribution is -2.45. The van der Waals surface area contributed by atoms with E-state index >= 15 is 0 Å². The molecule has 31 heavy (non-hydrogen) atoms. The fourth-order valence-corrected chi connectivity index (χ4v) is 4.03. The second-order valence-corrected chi connectivity index (χ2v) is 7.90. The average molecular weight is 415 g/mol. The van der Waals surface area contributed by atoms with Gasteiger partial charge in [-0.25, -0.2) is 0 Å². The number of hydrogen-bond acceptors (Lipinski definition) is 3. The summed E-state index contributed by atoms with van der Waals surface area (Å²) < 4.78 is 0. The second-order valence-electron chi connectivity index (χ2n) is 7.90. The molecule has 0 fully saturated rings. The molecule has 0 radical (unpaired) electrons. The molecule has 5 nitrogen and oxygen atoms in total. The molecule has 3 aromatic carbocycles. The number of aryl methyl sites for hydroxylation is 1. The van der Waals surface area contributed by atoms with Crippen LogP contribution in [0.4, 0.5) is 5.69 Å². The van der Waals surface area contributed by atoms with Crippen molar-refractivity contribution in [1.82, 2.24) is 5.32 Å². The number of anilines is 1. The van der Waals surface area contributed by atoms with Gasteiger partial charge < -0.3 is 15.7 Å². The smallest absolute Gasteiger partial charge is 0.251 e. The Hall–Kier alpha value is -3.60. The van der Waals surface area contributed by atoms with Gasteiger partial charge in [0.15, 0.2) is 0 Å². The largest absolute Gasteiger partial charge is 0.508 e. The molecule has 3 N–H and O–H groups in total. The minimum absolute atomic E-state index is 0.161. The molecule has 0 aromatic heterocycles. The third kappa shape index (κ3) is 5.12. The Morgan fingerprint density at radius 1 is 0.871 bits per heavy atom. The highest BCUT2D eigenvalue weighted by molar-refractivity contribution is 6.01. The van der Waals surface area contributed by atoms with Crippen molar-refractivity contribution in [3.8, 4) is 5.75 Å². The molecule has 2 amide bonds. The Kier molecular flexibility index (Phi) is 6.32. The van der Waals surface area contributed by atoms with Gasteiger partial charge in [-0.2, -0.15) is 0 Å². The van der Waals surface area contributed by atoms with E-state index in [2.05, 4.69) is 16.7 Å². The zero-order valence-corrected chi connectivity index (χ0v) is 17.3. The summed E-state index contributed by atoms with van der Waals surface area (Å²) in [4.78, 5) is 26.0. The van der Waals surface area contributed by atoms with E-state index in [-0.39, 0.29) is 17.6 Å². The van der Waals surface area contributed by atoms with Crippen LogP contribution in [0.3, 0.4) is 0 Å². The molecule has 0 aliphatic heterocycles. The van der Waals surface area contributed by atoms with Crippen molar-refractivity contribution in [3.63, 3.8) is 0 Å². The zero-order valence-electron chi connectivity index (χ0n) is 17.3. The van der Waals surface area contributed by atoms with E-state index in [1.165, 1.54) is 17.5 Å². The molecule has 1 aliphatic carbocycles. The number of benzene rings is 3. The number of rotatable bonds is 6. The molecular formula is C26H26N2O3. The minimum atomic E-state index is -0.753. The Morgan fingerprint density at radius 2 is 1.61 bits per heavy atom. The molecular weight excluding hydrogens is 388 g/mol. The van der Waals surface area contributed by atoms with E-state index in [4.69, 9.17) is 0 Å². The predicted molar refractivity (Wildman–Crippen MR) is 121 cm³/mol. The van der Waals surface area contributed by atoms with Crippen molar-refractivity contribution in [2.24, 2.45) is 0 Å². The number of amides is 2. The van der Waals surface area contributed by atoms with Gasteiger partial charge >= 0.3 is 0 Å². The molecule has 0 saturated carbocycles. The van der Waals surface area contributed by atoms with Gasteiger partial charge in [0.05, 0.1) is 0 Å². The fraction of sp³-hybridized carbons (Fsp3) is 0.231. The molecule has 0 heterocycles. The summed E-state index contributed by atoms with van der Waals surface area (Å²) in [7, 11) is 0. The third-order valence-corrected chi connectivity index (χ3v) is 5.69. The maximum absolute atomic E-state index is 13.3. The summed E-state index contributed by atoms with van der Waals surface area (Å²) in [5.74, 6) is -0.389. The van der Waals surface area contributed by atoms with Gasteiger partial charge in [0.25, 0.3) is 5.91 Å². The zero-order chi connectivity index (χ0) is 21.6. The lowest BCUT2D eigenvalue weighted by Gasteiger charge is -2.23. The van der Waals surface area contributed by atoms with Crippen molar-refractivity contribution in [2.45, 2.75) is 38.1 Å². The van der Waals surface area contributed by atoms with Crippen LogP contribution in [0, 0.1) is 0 Å². The highest BCUT2D eigenvalue weighted by atomic mass is 16.3. The topological polar surface area (TPSA) is 78.4 Å². The fourth-order valence-electron chi connectivity index (χ4n) is 4.03. The Bertz CT molecular complexity index is 1060. The average Bonchev–Trinajstić information content (AvgIpc) is 2.81. The Balaban J connectivity index is 1.56. The highest BCUT2D eigenvalue weighted by Gasteiger charge is 2.24. The quantitative estimate of drug-likeness (QED) is 0.564. The van der Waals surface area contributed by atoms with Crippen LogP contribution in [0.25, 0.3) is 0 Å². The second kappa shape index (κ2) is 9.47. The Labute approximate surface area is 182 Å². The molecule has 1 atom stereocenters. The molecule has 3 aromatic rings. The van der Waals surface area contributed by atoms with E-state index in [1.807, 2.05) is 18.2 Å². The van der Waals surface area contributed by atoms with Gasteiger partial charge in [-0.05, 0) is 72.7 Å². The number of fused-ring (bicyclic) bond motifs is 1. The number of aromatic hydroxyl groups is 1. The lowest BCUT2D eigenvalue weighted by molar-refractivity contribution is -0.118. The molecule has 0 saturated heterocycles. The first-order valence-corrected chi connectivity index (χ1v) is 10.7. The van der Waals surface area contributed by atoms with Crippen LogP contribution in [-0.4, -0.2) is 23.0 Å². The van der Waals surface area contributed by atoms with Crippen LogP contribution < -0.4 is 10.6 Å². The summed E-state index contributed by atoms with van der Waals surface area (Å²) in [6.07, 6.45) is 4.58. The van der Waals surface area contributed by atoms with Crippen LogP contribution in [-0.2, 0) is 24.1 Å². The SMILES string of the molecule is O=C(NC(Cc1ccc(O)cc1)C(=O)Nc1cccc2c1CCCC2)c1ccccc1. The van der Waals surface area contributed by atoms with Crippen molar-refractivity contribution in [1.29, 1.82) is 0 Å². The maximum atomic E-state index is 13.3. The van der Waals surface area contributed by atoms with Crippen LogP contribution >= 0.6 is 0 Å². The Morgan fingerprint density at radius 3 is 2.39 bits per heavy atom. The normalized spacial score (nSPS) is 13.7. The summed E-state index contributed by atoms with van der Waals surface area (Å²) in [5.41, 5.74) is 4.66. The van der Waals surface area contributed by atoms with Gasteiger partial charge in [-0.3, -0.25) is 9.59 Å². The lowest BCUT2D eigenvalue weighted by atomic mass is 9.90. The summed E-state index contributed by atoms with van der Waals surface area (Å²) in [5, 5.41) is 15.5. The molecule has 1 unspecified atom stereocenters. The molecule has 4 rings (SSSR count). The number of carbonyl (C=O) groups excluding carboxylic acids is 2. The first kappa shape index (κ1) is 20.7. The molecule has 158 valence electrons. The van der Waals surface area contributed by atoms with Crippen LogP contribution in [0.15, 0.2) is 72.8 Å². The highest BCUT2D eigenvalue weighted by Crippen LogP contribution is 2.28. The van der Waals surface area contributed by atoms with Gasteiger partial charge in [0.2, 0.25) is 5.91 Å². The predicted octanol–water partition coefficient (Wildman–Crippen LogP) is 4.25. The molecule has 0 bridgehead atoms. The van der Waals surface area contributed by atoms with Crippen LogP contribution in [0.2, 0.25) is 0 Å². The van der Waals surface area contributed by atoms with Gasteiger partial charge in [-0.1, -0.05) is 42.5 Å². The van der Waals surface area contributed by atoms with Gasteiger partial charge in [0, 0.05) is 17.7 Å². The number of nitrogens with one attached hydrogen (secondary N) is 2. The van der Waals surface area contributed by atoms with Crippen molar-refractivity contribution in [3.05, 3.63) is 95.1 Å². The van der Waals surface area contributed by atoms with E-state index in [0.29, 0.717) is 12.0 Å². The summed E-state index contributed by atoms with van der Waals surface area (Å²) in [6.45, 7) is 0. The van der Waals surface area contributed by atoms with Crippen molar-refractivity contribution in [2.75, 3.05) is 5.32 Å².